The first-order valence-corrected chi connectivity index (χ1v) is 13.0. The SMILES string of the molecule is O=C(NCc1cccc2ccccc12)c1cc(Cl)c(C(=O)N[C@@H](CNC(=O)c2cccs2)C(=O)O)c(Cl)c1. The number of amides is 3. The number of carbonyl (C=O) groups excluding carboxylic acids is 3. The van der Waals surface area contributed by atoms with E-state index in [-0.39, 0.29) is 34.3 Å². The molecule has 0 bridgehead atoms. The standard InChI is InChI=1S/C27H21Cl2N3O5S/c28-19-11-17(24(33)30-13-16-7-3-6-15-5-1-2-8-18(15)16)12-20(29)23(19)26(35)32-21(27(36)37)14-31-25(34)22-9-4-10-38-22/h1-12,21H,13-14H2,(H,30,33)(H,31,34)(H,32,35)(H,36,37)/t21-/m0/s1. The maximum Gasteiger partial charge on any atom is 0.328 e. The van der Waals surface area contributed by atoms with Gasteiger partial charge >= 0.3 is 5.97 Å². The summed E-state index contributed by atoms with van der Waals surface area (Å²) in [5, 5.41) is 20.6. The maximum atomic E-state index is 12.8. The van der Waals surface area contributed by atoms with Gasteiger partial charge in [0.25, 0.3) is 17.7 Å². The van der Waals surface area contributed by atoms with Gasteiger partial charge in [-0.3, -0.25) is 14.4 Å². The van der Waals surface area contributed by atoms with E-state index in [0.717, 1.165) is 16.3 Å². The fourth-order valence-corrected chi connectivity index (χ4v) is 5.06. The summed E-state index contributed by atoms with van der Waals surface area (Å²) in [5.41, 5.74) is 0.875. The first-order valence-electron chi connectivity index (χ1n) is 11.3. The zero-order valence-electron chi connectivity index (χ0n) is 19.7. The lowest BCUT2D eigenvalue weighted by Gasteiger charge is -2.17. The highest BCUT2D eigenvalue weighted by Gasteiger charge is 2.25. The summed E-state index contributed by atoms with van der Waals surface area (Å²) < 4.78 is 0. The summed E-state index contributed by atoms with van der Waals surface area (Å²) in [4.78, 5) is 49.8. The molecule has 11 heteroatoms. The monoisotopic (exact) mass is 569 g/mol. The van der Waals surface area contributed by atoms with Crippen molar-refractivity contribution < 1.29 is 24.3 Å². The van der Waals surface area contributed by atoms with Gasteiger partial charge < -0.3 is 21.1 Å². The van der Waals surface area contributed by atoms with Crippen LogP contribution in [0.4, 0.5) is 0 Å². The number of rotatable bonds is 9. The summed E-state index contributed by atoms with van der Waals surface area (Å²) in [6, 6.07) is 18.0. The number of nitrogens with one attached hydrogen (secondary N) is 3. The number of carboxylic acid groups (broad SMARTS) is 1. The average Bonchev–Trinajstić information content (AvgIpc) is 3.44. The zero-order valence-corrected chi connectivity index (χ0v) is 22.0. The third kappa shape index (κ3) is 6.31. The maximum absolute atomic E-state index is 12.8. The van der Waals surface area contributed by atoms with Crippen molar-refractivity contribution in [1.29, 1.82) is 0 Å². The Labute approximate surface area is 231 Å². The van der Waals surface area contributed by atoms with Gasteiger partial charge in [0.15, 0.2) is 0 Å². The number of benzene rings is 3. The molecule has 4 rings (SSSR count). The van der Waals surface area contributed by atoms with E-state index in [1.807, 2.05) is 42.5 Å². The van der Waals surface area contributed by atoms with Crippen LogP contribution in [0.1, 0.15) is 36.0 Å². The lowest BCUT2D eigenvalue weighted by Crippen LogP contribution is -2.48. The van der Waals surface area contributed by atoms with Crippen LogP contribution in [0.2, 0.25) is 10.0 Å². The van der Waals surface area contributed by atoms with Crippen LogP contribution in [0.25, 0.3) is 10.8 Å². The molecule has 0 spiro atoms. The minimum absolute atomic E-state index is 0.128. The summed E-state index contributed by atoms with van der Waals surface area (Å²) in [7, 11) is 0. The molecule has 4 aromatic rings. The van der Waals surface area contributed by atoms with E-state index in [1.54, 1.807) is 17.5 Å². The van der Waals surface area contributed by atoms with Gasteiger partial charge in [0.1, 0.15) is 6.04 Å². The van der Waals surface area contributed by atoms with Crippen molar-refractivity contribution >= 4 is 69.0 Å². The number of hydrogen-bond donors (Lipinski definition) is 4. The highest BCUT2D eigenvalue weighted by molar-refractivity contribution is 7.12. The number of fused-ring (bicyclic) bond motifs is 1. The molecule has 38 heavy (non-hydrogen) atoms. The Morgan fingerprint density at radius 1 is 0.842 bits per heavy atom. The molecule has 0 unspecified atom stereocenters. The van der Waals surface area contributed by atoms with Crippen molar-refractivity contribution in [3.05, 3.63) is 104 Å². The number of aliphatic carboxylic acids is 1. The molecule has 4 N–H and O–H groups in total. The lowest BCUT2D eigenvalue weighted by atomic mass is 10.0. The van der Waals surface area contributed by atoms with E-state index in [0.29, 0.717) is 4.88 Å². The second-order valence-corrected chi connectivity index (χ2v) is 9.95. The quantitative estimate of drug-likeness (QED) is 0.231. The van der Waals surface area contributed by atoms with Crippen molar-refractivity contribution in [2.75, 3.05) is 6.54 Å². The van der Waals surface area contributed by atoms with Crippen LogP contribution in [0.5, 0.6) is 0 Å². The molecule has 3 aromatic carbocycles. The first-order chi connectivity index (χ1) is 18.2. The number of carbonyl (C=O) groups is 4. The van der Waals surface area contributed by atoms with Crippen LogP contribution >= 0.6 is 34.5 Å². The van der Waals surface area contributed by atoms with Crippen LogP contribution in [0.3, 0.4) is 0 Å². The van der Waals surface area contributed by atoms with Crippen molar-refractivity contribution in [3.8, 4) is 0 Å². The van der Waals surface area contributed by atoms with Crippen LogP contribution in [0, 0.1) is 0 Å². The molecule has 0 fully saturated rings. The molecule has 0 aliphatic carbocycles. The summed E-state index contributed by atoms with van der Waals surface area (Å²) in [6.07, 6.45) is 0. The topological polar surface area (TPSA) is 125 Å². The van der Waals surface area contributed by atoms with E-state index in [9.17, 15) is 24.3 Å². The van der Waals surface area contributed by atoms with Crippen molar-refractivity contribution in [2.24, 2.45) is 0 Å². The molecule has 0 saturated heterocycles. The predicted octanol–water partition coefficient (Wildman–Crippen LogP) is 4.75. The van der Waals surface area contributed by atoms with Gasteiger partial charge in [0, 0.05) is 18.7 Å². The minimum atomic E-state index is -1.44. The molecule has 194 valence electrons. The van der Waals surface area contributed by atoms with E-state index >= 15 is 0 Å². The Balaban J connectivity index is 1.43. The highest BCUT2D eigenvalue weighted by atomic mass is 35.5. The van der Waals surface area contributed by atoms with E-state index in [1.165, 1.54) is 23.5 Å². The third-order valence-corrected chi connectivity index (χ3v) is 7.13. The third-order valence-electron chi connectivity index (χ3n) is 5.67. The van der Waals surface area contributed by atoms with Crippen molar-refractivity contribution in [1.82, 2.24) is 16.0 Å². The zero-order chi connectivity index (χ0) is 27.2. The summed E-state index contributed by atoms with van der Waals surface area (Å²) >= 11 is 13.8. The fourth-order valence-electron chi connectivity index (χ4n) is 3.77. The second kappa shape index (κ2) is 12.1. The van der Waals surface area contributed by atoms with E-state index < -0.39 is 29.7 Å². The van der Waals surface area contributed by atoms with Gasteiger partial charge in [-0.15, -0.1) is 11.3 Å². The van der Waals surface area contributed by atoms with Gasteiger partial charge in [0.05, 0.1) is 20.5 Å². The number of thiophene rings is 1. The van der Waals surface area contributed by atoms with E-state index in [2.05, 4.69) is 16.0 Å². The van der Waals surface area contributed by atoms with Crippen LogP contribution in [-0.2, 0) is 11.3 Å². The smallest absolute Gasteiger partial charge is 0.328 e. The Hall–Kier alpha value is -3.92. The minimum Gasteiger partial charge on any atom is -0.480 e. The van der Waals surface area contributed by atoms with Crippen molar-refractivity contribution in [2.45, 2.75) is 12.6 Å². The second-order valence-electron chi connectivity index (χ2n) is 8.19. The van der Waals surface area contributed by atoms with Crippen LogP contribution in [-0.4, -0.2) is 41.4 Å². The molecular weight excluding hydrogens is 549 g/mol. The van der Waals surface area contributed by atoms with E-state index in [4.69, 9.17) is 23.2 Å². The predicted molar refractivity (Wildman–Crippen MR) is 147 cm³/mol. The molecule has 1 heterocycles. The number of halogens is 2. The first kappa shape index (κ1) is 27.1. The Bertz CT molecular complexity index is 1500. The molecule has 0 saturated carbocycles. The molecule has 1 atom stereocenters. The Kier molecular flexibility index (Phi) is 8.62. The highest BCUT2D eigenvalue weighted by Crippen LogP contribution is 2.27. The Morgan fingerprint density at radius 3 is 2.24 bits per heavy atom. The molecule has 0 aliphatic heterocycles. The molecular formula is C27H21Cl2N3O5S. The number of hydrogen-bond acceptors (Lipinski definition) is 5. The largest absolute Gasteiger partial charge is 0.480 e. The molecule has 0 radical (unpaired) electrons. The van der Waals surface area contributed by atoms with Gasteiger partial charge in [-0.05, 0) is 39.9 Å². The Morgan fingerprint density at radius 2 is 1.55 bits per heavy atom. The fraction of sp³-hybridized carbons (Fsp3) is 0.111. The van der Waals surface area contributed by atoms with Gasteiger partial charge in [-0.2, -0.15) is 0 Å². The van der Waals surface area contributed by atoms with Gasteiger partial charge in [0.2, 0.25) is 0 Å². The molecule has 0 aliphatic rings. The molecule has 3 amide bonds. The summed E-state index contributed by atoms with van der Waals surface area (Å²) in [5.74, 6) is -3.13. The van der Waals surface area contributed by atoms with Gasteiger partial charge in [-0.1, -0.05) is 71.7 Å². The molecule has 1 aromatic heterocycles. The van der Waals surface area contributed by atoms with Crippen molar-refractivity contribution in [3.63, 3.8) is 0 Å². The molecule has 8 nitrogen and oxygen atoms in total. The normalized spacial score (nSPS) is 11.5. The van der Waals surface area contributed by atoms with Gasteiger partial charge in [-0.25, -0.2) is 4.79 Å². The van der Waals surface area contributed by atoms with Crippen LogP contribution in [0.15, 0.2) is 72.1 Å². The lowest BCUT2D eigenvalue weighted by molar-refractivity contribution is -0.139. The van der Waals surface area contributed by atoms with Crippen LogP contribution < -0.4 is 16.0 Å². The summed E-state index contributed by atoms with van der Waals surface area (Å²) in [6.45, 7) is -0.100. The number of carboxylic acids is 1. The average molecular weight is 570 g/mol.